The number of pyridine rings is 1. The van der Waals surface area contributed by atoms with Crippen LogP contribution in [-0.4, -0.2) is 22.2 Å². The second kappa shape index (κ2) is 5.26. The molecule has 0 saturated heterocycles. The van der Waals surface area contributed by atoms with Gasteiger partial charge in [0, 0.05) is 29.1 Å². The van der Waals surface area contributed by atoms with E-state index in [1.165, 1.54) is 4.92 Å². The summed E-state index contributed by atoms with van der Waals surface area (Å²) in [5.74, 6) is 0. The zero-order valence-electron chi connectivity index (χ0n) is 9.96. The van der Waals surface area contributed by atoms with E-state index in [1.807, 2.05) is 0 Å². The van der Waals surface area contributed by atoms with Crippen molar-refractivity contribution in [1.82, 2.24) is 4.98 Å². The standard InChI is InChI=1S/C12H7BCl3N3O/c14-10-2-1-7(5-11(10)15)19-13(20)9-6-17-4-3-8(9)12(16)18-19/h1-6,20H. The summed E-state index contributed by atoms with van der Waals surface area (Å²) in [4.78, 5) is 5.36. The van der Waals surface area contributed by atoms with Gasteiger partial charge in [-0.05, 0) is 24.3 Å². The number of anilines is 1. The van der Waals surface area contributed by atoms with Crippen LogP contribution in [0.4, 0.5) is 5.69 Å². The van der Waals surface area contributed by atoms with Crippen LogP contribution in [-0.2, 0) is 0 Å². The molecule has 1 aromatic heterocycles. The molecular formula is C12H7BCl3N3O. The van der Waals surface area contributed by atoms with E-state index in [4.69, 9.17) is 34.8 Å². The first-order valence-electron chi connectivity index (χ1n) is 5.68. The summed E-state index contributed by atoms with van der Waals surface area (Å²) in [5, 5.41) is 15.7. The van der Waals surface area contributed by atoms with Gasteiger partial charge in [0.2, 0.25) is 0 Å². The SMILES string of the molecule is OB1c2cnccc2C(Cl)=NN1c1ccc(Cl)c(Cl)c1. The van der Waals surface area contributed by atoms with Crippen molar-refractivity contribution >= 4 is 58.2 Å². The summed E-state index contributed by atoms with van der Waals surface area (Å²) in [6.45, 7) is 0. The van der Waals surface area contributed by atoms with Gasteiger partial charge in [0.05, 0.1) is 10.0 Å². The van der Waals surface area contributed by atoms with Gasteiger partial charge >= 0.3 is 7.05 Å². The third kappa shape index (κ3) is 2.27. The molecule has 2 heterocycles. The highest BCUT2D eigenvalue weighted by molar-refractivity contribution is 6.79. The van der Waals surface area contributed by atoms with Gasteiger partial charge in [-0.15, -0.1) is 0 Å². The van der Waals surface area contributed by atoms with Crippen LogP contribution < -0.4 is 10.4 Å². The lowest BCUT2D eigenvalue weighted by Crippen LogP contribution is -2.51. The Morgan fingerprint density at radius 3 is 2.65 bits per heavy atom. The first-order valence-corrected chi connectivity index (χ1v) is 6.82. The average Bonchev–Trinajstić information content (AvgIpc) is 2.46. The summed E-state index contributed by atoms with van der Waals surface area (Å²) in [6.07, 6.45) is 3.15. The number of fused-ring (bicyclic) bond motifs is 1. The van der Waals surface area contributed by atoms with Crippen molar-refractivity contribution in [3.63, 3.8) is 0 Å². The number of hydrazone groups is 1. The van der Waals surface area contributed by atoms with Crippen LogP contribution >= 0.6 is 34.8 Å². The molecule has 1 aromatic carbocycles. The number of halogens is 3. The van der Waals surface area contributed by atoms with Crippen molar-refractivity contribution in [2.24, 2.45) is 5.10 Å². The molecule has 0 bridgehead atoms. The summed E-state index contributed by atoms with van der Waals surface area (Å²) in [7, 11) is -0.988. The molecule has 8 heteroatoms. The second-order valence-corrected chi connectivity index (χ2v) is 5.34. The van der Waals surface area contributed by atoms with Gasteiger partial charge in [0.15, 0.2) is 5.17 Å². The fourth-order valence-corrected chi connectivity index (χ4v) is 2.51. The van der Waals surface area contributed by atoms with Gasteiger partial charge in [0.25, 0.3) is 0 Å². The van der Waals surface area contributed by atoms with Crippen molar-refractivity contribution in [2.75, 3.05) is 4.92 Å². The maximum atomic E-state index is 10.4. The van der Waals surface area contributed by atoms with E-state index in [-0.39, 0.29) is 5.17 Å². The number of benzene rings is 1. The Balaban J connectivity index is 2.08. The van der Waals surface area contributed by atoms with Crippen LogP contribution in [0, 0.1) is 0 Å². The minimum Gasteiger partial charge on any atom is -0.427 e. The molecule has 0 aliphatic carbocycles. The molecule has 100 valence electrons. The summed E-state index contributed by atoms with van der Waals surface area (Å²) >= 11 is 18.0. The first-order chi connectivity index (χ1) is 9.58. The molecule has 0 radical (unpaired) electrons. The van der Waals surface area contributed by atoms with Crippen molar-refractivity contribution in [2.45, 2.75) is 0 Å². The first kappa shape index (κ1) is 13.7. The molecule has 0 unspecified atom stereocenters. The van der Waals surface area contributed by atoms with E-state index >= 15 is 0 Å². The summed E-state index contributed by atoms with van der Waals surface area (Å²) in [6, 6.07) is 6.65. The molecular weight excluding hydrogens is 319 g/mol. The Morgan fingerprint density at radius 1 is 1.10 bits per heavy atom. The molecule has 0 atom stereocenters. The van der Waals surface area contributed by atoms with E-state index in [2.05, 4.69) is 10.1 Å². The number of hydrogen-bond acceptors (Lipinski definition) is 4. The van der Waals surface area contributed by atoms with Crippen LogP contribution in [0.3, 0.4) is 0 Å². The maximum Gasteiger partial charge on any atom is 0.473 e. The monoisotopic (exact) mass is 325 g/mol. The van der Waals surface area contributed by atoms with Crippen molar-refractivity contribution in [3.8, 4) is 0 Å². The lowest BCUT2D eigenvalue weighted by molar-refractivity contribution is 0.578. The molecule has 1 aliphatic heterocycles. The highest BCUT2D eigenvalue weighted by Gasteiger charge is 2.33. The van der Waals surface area contributed by atoms with Crippen molar-refractivity contribution in [1.29, 1.82) is 0 Å². The predicted molar refractivity (Wildman–Crippen MR) is 83.2 cm³/mol. The van der Waals surface area contributed by atoms with E-state index in [1.54, 1.807) is 36.7 Å². The van der Waals surface area contributed by atoms with E-state index in [0.29, 0.717) is 26.8 Å². The Bertz CT molecular complexity index is 710. The quantitative estimate of drug-likeness (QED) is 0.819. The molecule has 20 heavy (non-hydrogen) atoms. The third-order valence-electron chi connectivity index (χ3n) is 2.95. The highest BCUT2D eigenvalue weighted by atomic mass is 35.5. The van der Waals surface area contributed by atoms with Crippen LogP contribution in [0.1, 0.15) is 5.56 Å². The lowest BCUT2D eigenvalue weighted by Gasteiger charge is -2.27. The fourth-order valence-electron chi connectivity index (χ4n) is 1.96. The Labute approximate surface area is 130 Å². The number of nitrogens with zero attached hydrogens (tertiary/aromatic N) is 3. The second-order valence-electron chi connectivity index (χ2n) is 4.17. The molecule has 2 aromatic rings. The molecule has 4 nitrogen and oxygen atoms in total. The van der Waals surface area contributed by atoms with Gasteiger partial charge in [-0.1, -0.05) is 34.8 Å². The summed E-state index contributed by atoms with van der Waals surface area (Å²) in [5.41, 5.74) is 1.82. The van der Waals surface area contributed by atoms with Gasteiger partial charge in [0.1, 0.15) is 0 Å². The van der Waals surface area contributed by atoms with Gasteiger partial charge in [-0.3, -0.25) is 9.90 Å². The predicted octanol–water partition coefficient (Wildman–Crippen LogP) is 2.50. The highest BCUT2D eigenvalue weighted by Crippen LogP contribution is 2.29. The van der Waals surface area contributed by atoms with Crippen LogP contribution in [0.25, 0.3) is 0 Å². The largest absolute Gasteiger partial charge is 0.473 e. The minimum absolute atomic E-state index is 0.277. The number of rotatable bonds is 1. The van der Waals surface area contributed by atoms with Crippen LogP contribution in [0.5, 0.6) is 0 Å². The van der Waals surface area contributed by atoms with Crippen molar-refractivity contribution < 1.29 is 5.02 Å². The molecule has 0 amide bonds. The topological polar surface area (TPSA) is 48.7 Å². The normalized spacial score (nSPS) is 14.1. The molecule has 1 N–H and O–H groups in total. The maximum absolute atomic E-state index is 10.4. The van der Waals surface area contributed by atoms with Gasteiger partial charge in [-0.25, -0.2) is 0 Å². The molecule has 0 fully saturated rings. The number of aromatic nitrogens is 1. The van der Waals surface area contributed by atoms with Gasteiger partial charge < -0.3 is 5.02 Å². The van der Waals surface area contributed by atoms with Crippen LogP contribution in [0.15, 0.2) is 41.8 Å². The molecule has 3 rings (SSSR count). The Hall–Kier alpha value is -1.27. The lowest BCUT2D eigenvalue weighted by atomic mass is 9.70. The van der Waals surface area contributed by atoms with E-state index in [9.17, 15) is 5.02 Å². The number of hydrogen-bond donors (Lipinski definition) is 1. The Morgan fingerprint density at radius 2 is 1.90 bits per heavy atom. The zero-order valence-corrected chi connectivity index (χ0v) is 12.2. The smallest absolute Gasteiger partial charge is 0.427 e. The third-order valence-corrected chi connectivity index (χ3v) is 3.97. The van der Waals surface area contributed by atoms with E-state index < -0.39 is 7.05 Å². The Kier molecular flexibility index (Phi) is 3.60. The van der Waals surface area contributed by atoms with Crippen LogP contribution in [0.2, 0.25) is 10.0 Å². The van der Waals surface area contributed by atoms with E-state index in [0.717, 1.165) is 0 Å². The van der Waals surface area contributed by atoms with Crippen molar-refractivity contribution in [3.05, 3.63) is 52.3 Å². The molecule has 1 aliphatic rings. The molecule has 0 saturated carbocycles. The average molecular weight is 326 g/mol. The van der Waals surface area contributed by atoms with Gasteiger partial charge in [-0.2, -0.15) is 5.10 Å². The minimum atomic E-state index is -0.988. The zero-order chi connectivity index (χ0) is 14.3. The summed E-state index contributed by atoms with van der Waals surface area (Å²) < 4.78 is 0. The molecule has 0 spiro atoms. The fraction of sp³-hybridized carbons (Fsp3) is 0.